The minimum atomic E-state index is -1.06. The highest BCUT2D eigenvalue weighted by atomic mass is 16.4. The van der Waals surface area contributed by atoms with E-state index >= 15 is 0 Å². The first-order valence-corrected chi connectivity index (χ1v) is 6.87. The molecule has 110 valence electrons. The van der Waals surface area contributed by atoms with Gasteiger partial charge in [-0.15, -0.1) is 0 Å². The third-order valence-corrected chi connectivity index (χ3v) is 3.79. The molecular formula is C16H23NO3. The van der Waals surface area contributed by atoms with Crippen LogP contribution in [0.1, 0.15) is 52.6 Å². The number of rotatable bonds is 5. The lowest BCUT2D eigenvalue weighted by atomic mass is 9.95. The van der Waals surface area contributed by atoms with E-state index in [2.05, 4.69) is 26.1 Å². The summed E-state index contributed by atoms with van der Waals surface area (Å²) in [5.41, 5.74) is 1.65. The minimum Gasteiger partial charge on any atom is -0.478 e. The van der Waals surface area contributed by atoms with E-state index in [-0.39, 0.29) is 17.0 Å². The monoisotopic (exact) mass is 277 g/mol. The molecule has 0 aliphatic heterocycles. The van der Waals surface area contributed by atoms with Gasteiger partial charge in [-0.2, -0.15) is 0 Å². The standard InChI is InChI=1S/C16H23NO3/c1-9(2)12(5)8-17-15(18)13-10(3)6-7-11(4)14(13)16(19)20/h6-7,9,12H,8H2,1-5H3,(H,17,18)(H,19,20). The second-order valence-electron chi connectivity index (χ2n) is 5.69. The highest BCUT2D eigenvalue weighted by Crippen LogP contribution is 2.19. The van der Waals surface area contributed by atoms with Crippen molar-refractivity contribution in [3.05, 3.63) is 34.4 Å². The lowest BCUT2D eigenvalue weighted by Crippen LogP contribution is -2.32. The summed E-state index contributed by atoms with van der Waals surface area (Å²) >= 11 is 0. The number of carbonyl (C=O) groups excluding carboxylic acids is 1. The minimum absolute atomic E-state index is 0.0969. The molecule has 0 aliphatic carbocycles. The molecule has 4 heteroatoms. The van der Waals surface area contributed by atoms with Crippen molar-refractivity contribution in [1.82, 2.24) is 5.32 Å². The van der Waals surface area contributed by atoms with Crippen LogP contribution in [0.15, 0.2) is 12.1 Å². The van der Waals surface area contributed by atoms with Crippen LogP contribution in [0.25, 0.3) is 0 Å². The van der Waals surface area contributed by atoms with Gasteiger partial charge in [-0.1, -0.05) is 32.9 Å². The van der Waals surface area contributed by atoms with Crippen LogP contribution in [0.5, 0.6) is 0 Å². The van der Waals surface area contributed by atoms with E-state index < -0.39 is 5.97 Å². The summed E-state index contributed by atoms with van der Waals surface area (Å²) in [6.07, 6.45) is 0. The summed E-state index contributed by atoms with van der Waals surface area (Å²) in [5.74, 6) is -0.561. The van der Waals surface area contributed by atoms with Gasteiger partial charge in [0, 0.05) is 6.54 Å². The zero-order valence-corrected chi connectivity index (χ0v) is 12.8. The van der Waals surface area contributed by atoms with Crippen LogP contribution in [-0.4, -0.2) is 23.5 Å². The second-order valence-corrected chi connectivity index (χ2v) is 5.69. The molecule has 0 heterocycles. The van der Waals surface area contributed by atoms with Gasteiger partial charge >= 0.3 is 5.97 Å². The molecule has 1 aromatic carbocycles. The van der Waals surface area contributed by atoms with Gasteiger partial charge in [-0.25, -0.2) is 4.79 Å². The summed E-state index contributed by atoms with van der Waals surface area (Å²) in [6, 6.07) is 3.51. The first kappa shape index (κ1) is 16.2. The maximum absolute atomic E-state index is 12.3. The SMILES string of the molecule is Cc1ccc(C)c(C(=O)NCC(C)C(C)C)c1C(=O)O. The molecule has 1 unspecified atom stereocenters. The zero-order valence-electron chi connectivity index (χ0n) is 12.8. The molecule has 0 fully saturated rings. The van der Waals surface area contributed by atoms with Crippen molar-refractivity contribution < 1.29 is 14.7 Å². The van der Waals surface area contributed by atoms with Gasteiger partial charge in [-0.3, -0.25) is 4.79 Å². The van der Waals surface area contributed by atoms with Crippen molar-refractivity contribution in [3.63, 3.8) is 0 Å². The fourth-order valence-electron chi connectivity index (χ4n) is 1.96. The Hall–Kier alpha value is -1.84. The molecule has 1 aromatic rings. The molecule has 0 bridgehead atoms. The normalized spacial score (nSPS) is 12.3. The molecular weight excluding hydrogens is 254 g/mol. The lowest BCUT2D eigenvalue weighted by molar-refractivity contribution is 0.0689. The Morgan fingerprint density at radius 1 is 1.10 bits per heavy atom. The third-order valence-electron chi connectivity index (χ3n) is 3.79. The quantitative estimate of drug-likeness (QED) is 0.869. The molecule has 2 N–H and O–H groups in total. The number of aryl methyl sites for hydroxylation is 2. The molecule has 1 atom stereocenters. The molecule has 1 amide bonds. The largest absolute Gasteiger partial charge is 0.478 e. The van der Waals surface area contributed by atoms with Gasteiger partial charge in [0.2, 0.25) is 0 Å². The predicted molar refractivity (Wildman–Crippen MR) is 79.2 cm³/mol. The smallest absolute Gasteiger partial charge is 0.336 e. The Balaban J connectivity index is 3.04. The maximum atomic E-state index is 12.3. The lowest BCUT2D eigenvalue weighted by Gasteiger charge is -2.18. The first-order valence-electron chi connectivity index (χ1n) is 6.87. The summed E-state index contributed by atoms with van der Waals surface area (Å²) in [7, 11) is 0. The topological polar surface area (TPSA) is 66.4 Å². The van der Waals surface area contributed by atoms with Gasteiger partial charge in [0.25, 0.3) is 5.91 Å². The number of benzene rings is 1. The van der Waals surface area contributed by atoms with Crippen molar-refractivity contribution >= 4 is 11.9 Å². The van der Waals surface area contributed by atoms with Crippen LogP contribution in [0.4, 0.5) is 0 Å². The van der Waals surface area contributed by atoms with E-state index in [0.717, 1.165) is 0 Å². The Morgan fingerprint density at radius 2 is 1.60 bits per heavy atom. The number of carboxylic acid groups (broad SMARTS) is 1. The van der Waals surface area contributed by atoms with Crippen molar-refractivity contribution in [1.29, 1.82) is 0 Å². The number of nitrogens with one attached hydrogen (secondary N) is 1. The summed E-state index contributed by atoms with van der Waals surface area (Å²) < 4.78 is 0. The second kappa shape index (κ2) is 6.55. The van der Waals surface area contributed by atoms with Crippen LogP contribution in [-0.2, 0) is 0 Å². The van der Waals surface area contributed by atoms with Gasteiger partial charge < -0.3 is 10.4 Å². The molecule has 0 spiro atoms. The van der Waals surface area contributed by atoms with Crippen molar-refractivity contribution in [2.75, 3.05) is 6.54 Å². The number of carboxylic acids is 1. The van der Waals surface area contributed by atoms with Crippen molar-refractivity contribution in [2.24, 2.45) is 11.8 Å². The van der Waals surface area contributed by atoms with E-state index in [1.165, 1.54) is 0 Å². The Morgan fingerprint density at radius 3 is 2.05 bits per heavy atom. The average molecular weight is 277 g/mol. The van der Waals surface area contributed by atoms with Crippen LogP contribution in [0, 0.1) is 25.7 Å². The van der Waals surface area contributed by atoms with E-state index in [4.69, 9.17) is 0 Å². The predicted octanol–water partition coefficient (Wildman–Crippen LogP) is 3.02. The van der Waals surface area contributed by atoms with Gasteiger partial charge in [0.1, 0.15) is 0 Å². The highest BCUT2D eigenvalue weighted by Gasteiger charge is 2.21. The molecule has 1 rings (SSSR count). The highest BCUT2D eigenvalue weighted by molar-refractivity contribution is 6.06. The Labute approximate surface area is 120 Å². The van der Waals surface area contributed by atoms with Gasteiger partial charge in [0.05, 0.1) is 11.1 Å². The zero-order chi connectivity index (χ0) is 15.4. The van der Waals surface area contributed by atoms with E-state index in [1.807, 2.05) is 0 Å². The molecule has 4 nitrogen and oxygen atoms in total. The Kier molecular flexibility index (Phi) is 5.31. The molecule has 0 aromatic heterocycles. The Bertz CT molecular complexity index is 521. The maximum Gasteiger partial charge on any atom is 0.336 e. The van der Waals surface area contributed by atoms with Crippen LogP contribution < -0.4 is 5.32 Å². The number of hydrogen-bond acceptors (Lipinski definition) is 2. The fourth-order valence-corrected chi connectivity index (χ4v) is 1.96. The van der Waals surface area contributed by atoms with E-state index in [1.54, 1.807) is 26.0 Å². The third kappa shape index (κ3) is 3.59. The number of hydrogen-bond donors (Lipinski definition) is 2. The van der Waals surface area contributed by atoms with E-state index in [0.29, 0.717) is 29.5 Å². The number of aromatic carboxylic acids is 1. The molecule has 0 saturated carbocycles. The van der Waals surface area contributed by atoms with Gasteiger partial charge in [0.15, 0.2) is 0 Å². The van der Waals surface area contributed by atoms with Crippen LogP contribution >= 0.6 is 0 Å². The molecule has 0 aliphatic rings. The number of carbonyl (C=O) groups is 2. The summed E-state index contributed by atoms with van der Waals surface area (Å²) in [4.78, 5) is 23.7. The number of amides is 1. The van der Waals surface area contributed by atoms with Gasteiger partial charge in [-0.05, 0) is 36.8 Å². The van der Waals surface area contributed by atoms with Crippen LogP contribution in [0.3, 0.4) is 0 Å². The fraction of sp³-hybridized carbons (Fsp3) is 0.500. The molecule has 0 radical (unpaired) electrons. The van der Waals surface area contributed by atoms with Crippen molar-refractivity contribution in [3.8, 4) is 0 Å². The van der Waals surface area contributed by atoms with E-state index in [9.17, 15) is 14.7 Å². The summed E-state index contributed by atoms with van der Waals surface area (Å²) in [5, 5.41) is 12.1. The van der Waals surface area contributed by atoms with Crippen molar-refractivity contribution in [2.45, 2.75) is 34.6 Å². The average Bonchev–Trinajstić information content (AvgIpc) is 2.37. The summed E-state index contributed by atoms with van der Waals surface area (Å²) in [6.45, 7) is 10.3. The molecule has 0 saturated heterocycles. The van der Waals surface area contributed by atoms with Crippen LogP contribution in [0.2, 0.25) is 0 Å². The molecule has 20 heavy (non-hydrogen) atoms. The first-order chi connectivity index (χ1) is 9.25.